The zero-order chi connectivity index (χ0) is 13.9. The summed E-state index contributed by atoms with van der Waals surface area (Å²) in [5, 5.41) is 8.86. The van der Waals surface area contributed by atoms with Gasteiger partial charge in [0, 0.05) is 6.04 Å². The van der Waals surface area contributed by atoms with Gasteiger partial charge in [-0.05, 0) is 32.0 Å². The molecule has 0 heterocycles. The largest absolute Gasteiger partial charge is 0.478 e. The predicted octanol–water partition coefficient (Wildman–Crippen LogP) is 1.18. The van der Waals surface area contributed by atoms with Crippen molar-refractivity contribution in [2.75, 3.05) is 4.72 Å². The minimum Gasteiger partial charge on any atom is -0.478 e. The van der Waals surface area contributed by atoms with Gasteiger partial charge in [0.1, 0.15) is 5.82 Å². The third-order valence-corrected chi connectivity index (χ3v) is 3.12. The van der Waals surface area contributed by atoms with Crippen molar-refractivity contribution in [3.8, 4) is 0 Å². The van der Waals surface area contributed by atoms with Crippen molar-refractivity contribution in [3.05, 3.63) is 29.6 Å². The van der Waals surface area contributed by atoms with E-state index in [0.29, 0.717) is 0 Å². The zero-order valence-corrected chi connectivity index (χ0v) is 10.6. The number of rotatable bonds is 5. The number of benzene rings is 1. The van der Waals surface area contributed by atoms with Gasteiger partial charge in [-0.2, -0.15) is 13.1 Å². The minimum absolute atomic E-state index is 0.323. The minimum atomic E-state index is -3.94. The number of carbonyl (C=O) groups is 1. The summed E-state index contributed by atoms with van der Waals surface area (Å²) in [5.74, 6) is -2.08. The van der Waals surface area contributed by atoms with Crippen LogP contribution in [0.15, 0.2) is 18.2 Å². The summed E-state index contributed by atoms with van der Waals surface area (Å²) in [7, 11) is -3.94. The first kappa shape index (κ1) is 14.4. The Morgan fingerprint density at radius 1 is 1.39 bits per heavy atom. The van der Waals surface area contributed by atoms with Crippen LogP contribution in [-0.2, 0) is 10.2 Å². The molecule has 100 valence electrons. The lowest BCUT2D eigenvalue weighted by Gasteiger charge is -2.13. The number of aromatic carboxylic acids is 1. The number of carboxylic acid groups (broad SMARTS) is 1. The van der Waals surface area contributed by atoms with E-state index >= 15 is 0 Å². The van der Waals surface area contributed by atoms with Crippen molar-refractivity contribution < 1.29 is 22.7 Å². The molecule has 8 heteroatoms. The standard InChI is InChI=1S/C10H13FN2O4S/c1-6(2)12-18(16,17)13-9-5-7(11)3-4-8(9)10(14)15/h3-6,12-13H,1-2H3,(H,14,15). The van der Waals surface area contributed by atoms with Gasteiger partial charge in [0.25, 0.3) is 10.2 Å². The van der Waals surface area contributed by atoms with Crippen LogP contribution in [0.1, 0.15) is 24.2 Å². The van der Waals surface area contributed by atoms with Crippen LogP contribution in [0, 0.1) is 5.82 Å². The number of carboxylic acids is 1. The van der Waals surface area contributed by atoms with Crippen molar-refractivity contribution in [1.29, 1.82) is 0 Å². The van der Waals surface area contributed by atoms with Crippen LogP contribution in [0.3, 0.4) is 0 Å². The number of hydrogen-bond acceptors (Lipinski definition) is 3. The Balaban J connectivity index is 3.10. The van der Waals surface area contributed by atoms with E-state index < -0.39 is 22.0 Å². The molecular weight excluding hydrogens is 263 g/mol. The van der Waals surface area contributed by atoms with Gasteiger partial charge in [-0.15, -0.1) is 0 Å². The Morgan fingerprint density at radius 2 is 2.00 bits per heavy atom. The Morgan fingerprint density at radius 3 is 2.50 bits per heavy atom. The van der Waals surface area contributed by atoms with Crippen molar-refractivity contribution in [2.45, 2.75) is 19.9 Å². The second-order valence-corrected chi connectivity index (χ2v) is 5.32. The second-order valence-electron chi connectivity index (χ2n) is 3.87. The Labute approximate surface area is 104 Å². The highest BCUT2D eigenvalue weighted by Crippen LogP contribution is 2.18. The molecule has 0 atom stereocenters. The Kier molecular flexibility index (Phi) is 4.25. The van der Waals surface area contributed by atoms with Gasteiger partial charge in [0.15, 0.2) is 0 Å². The molecule has 18 heavy (non-hydrogen) atoms. The first-order valence-electron chi connectivity index (χ1n) is 5.04. The summed E-state index contributed by atoms with van der Waals surface area (Å²) in [4.78, 5) is 10.9. The molecule has 3 N–H and O–H groups in total. The Hall–Kier alpha value is -1.67. The molecule has 0 aliphatic heterocycles. The van der Waals surface area contributed by atoms with E-state index in [9.17, 15) is 17.6 Å². The van der Waals surface area contributed by atoms with Crippen molar-refractivity contribution in [3.63, 3.8) is 0 Å². The van der Waals surface area contributed by atoms with Crippen LogP contribution in [0.4, 0.5) is 10.1 Å². The quantitative estimate of drug-likeness (QED) is 0.752. The molecule has 0 saturated carbocycles. The fourth-order valence-electron chi connectivity index (χ4n) is 1.27. The van der Waals surface area contributed by atoms with E-state index in [0.717, 1.165) is 18.2 Å². The van der Waals surface area contributed by atoms with Gasteiger partial charge in [-0.3, -0.25) is 4.72 Å². The lowest BCUT2D eigenvalue weighted by Crippen LogP contribution is -2.35. The lowest BCUT2D eigenvalue weighted by molar-refractivity contribution is 0.0698. The molecule has 0 aliphatic carbocycles. The van der Waals surface area contributed by atoms with Crippen LogP contribution in [0.5, 0.6) is 0 Å². The normalized spacial score (nSPS) is 11.6. The molecule has 0 aliphatic rings. The summed E-state index contributed by atoms with van der Waals surface area (Å²) >= 11 is 0. The van der Waals surface area contributed by atoms with Gasteiger partial charge in [-0.25, -0.2) is 9.18 Å². The van der Waals surface area contributed by atoms with E-state index in [1.807, 2.05) is 4.72 Å². The van der Waals surface area contributed by atoms with E-state index in [1.54, 1.807) is 13.8 Å². The highest BCUT2D eigenvalue weighted by molar-refractivity contribution is 7.90. The summed E-state index contributed by atoms with van der Waals surface area (Å²) in [5.41, 5.74) is -0.652. The van der Waals surface area contributed by atoms with Gasteiger partial charge in [0.05, 0.1) is 11.3 Å². The topological polar surface area (TPSA) is 95.5 Å². The van der Waals surface area contributed by atoms with Gasteiger partial charge in [-0.1, -0.05) is 0 Å². The molecule has 1 rings (SSSR count). The highest BCUT2D eigenvalue weighted by Gasteiger charge is 2.17. The first-order chi connectivity index (χ1) is 8.21. The predicted molar refractivity (Wildman–Crippen MR) is 64.2 cm³/mol. The summed E-state index contributed by atoms with van der Waals surface area (Å²) in [6.07, 6.45) is 0. The maximum Gasteiger partial charge on any atom is 0.337 e. The number of halogens is 1. The number of nitrogens with one attached hydrogen (secondary N) is 2. The Bertz CT molecular complexity index is 557. The molecule has 1 aromatic carbocycles. The molecule has 0 fully saturated rings. The second kappa shape index (κ2) is 5.32. The third kappa shape index (κ3) is 3.97. The lowest BCUT2D eigenvalue weighted by atomic mass is 10.2. The highest BCUT2D eigenvalue weighted by atomic mass is 32.2. The fourth-order valence-corrected chi connectivity index (χ4v) is 2.41. The summed E-state index contributed by atoms with van der Waals surface area (Å²) in [6.45, 7) is 3.20. The zero-order valence-electron chi connectivity index (χ0n) is 9.77. The van der Waals surface area contributed by atoms with Gasteiger partial charge < -0.3 is 5.11 Å². The molecule has 0 amide bonds. The average molecular weight is 276 g/mol. The van der Waals surface area contributed by atoms with Crippen LogP contribution >= 0.6 is 0 Å². The monoisotopic (exact) mass is 276 g/mol. The average Bonchev–Trinajstić information content (AvgIpc) is 2.13. The molecule has 0 spiro atoms. The molecule has 6 nitrogen and oxygen atoms in total. The van der Waals surface area contributed by atoms with E-state index in [4.69, 9.17) is 5.11 Å². The van der Waals surface area contributed by atoms with Crippen LogP contribution < -0.4 is 9.44 Å². The molecule has 0 aromatic heterocycles. The van der Waals surface area contributed by atoms with Crippen molar-refractivity contribution in [1.82, 2.24) is 4.72 Å². The van der Waals surface area contributed by atoms with Crippen molar-refractivity contribution >= 4 is 21.9 Å². The van der Waals surface area contributed by atoms with E-state index in [2.05, 4.69) is 4.72 Å². The third-order valence-electron chi connectivity index (χ3n) is 1.85. The van der Waals surface area contributed by atoms with E-state index in [-0.39, 0.29) is 17.3 Å². The maximum atomic E-state index is 13.0. The van der Waals surface area contributed by atoms with Gasteiger partial charge >= 0.3 is 5.97 Å². The van der Waals surface area contributed by atoms with Crippen LogP contribution in [-0.4, -0.2) is 25.5 Å². The number of anilines is 1. The SMILES string of the molecule is CC(C)NS(=O)(=O)Nc1cc(F)ccc1C(=O)O. The first-order valence-corrected chi connectivity index (χ1v) is 6.52. The molecular formula is C10H13FN2O4S. The fraction of sp³-hybridized carbons (Fsp3) is 0.300. The maximum absolute atomic E-state index is 13.0. The summed E-state index contributed by atoms with van der Waals surface area (Å²) < 4.78 is 40.3. The smallest absolute Gasteiger partial charge is 0.337 e. The van der Waals surface area contributed by atoms with Crippen molar-refractivity contribution in [2.24, 2.45) is 0 Å². The van der Waals surface area contributed by atoms with Crippen LogP contribution in [0.2, 0.25) is 0 Å². The molecule has 0 unspecified atom stereocenters. The van der Waals surface area contributed by atoms with Gasteiger partial charge in [0.2, 0.25) is 0 Å². The molecule has 1 aromatic rings. The number of hydrogen-bond donors (Lipinski definition) is 3. The molecule has 0 radical (unpaired) electrons. The molecule has 0 bridgehead atoms. The van der Waals surface area contributed by atoms with E-state index in [1.165, 1.54) is 0 Å². The molecule has 0 saturated heterocycles. The summed E-state index contributed by atoms with van der Waals surface area (Å²) in [6, 6.07) is 2.37. The van der Waals surface area contributed by atoms with Crippen LogP contribution in [0.25, 0.3) is 0 Å².